The number of hydrogen-bond acceptors (Lipinski definition) is 6. The van der Waals surface area contributed by atoms with Gasteiger partial charge in [0.15, 0.2) is 5.76 Å². The van der Waals surface area contributed by atoms with E-state index in [0.717, 1.165) is 16.5 Å². The van der Waals surface area contributed by atoms with Gasteiger partial charge in [-0.2, -0.15) is 4.72 Å². The largest absolute Gasteiger partial charge is 0.468 e. The van der Waals surface area contributed by atoms with Crippen molar-refractivity contribution < 1.29 is 27.2 Å². The molecule has 186 valence electrons. The lowest BCUT2D eigenvalue weighted by molar-refractivity contribution is -0.143. The lowest BCUT2D eigenvalue weighted by Gasteiger charge is -2.19. The number of carbonyl (C=O) groups excluding carboxylic acids is 2. The van der Waals surface area contributed by atoms with E-state index in [2.05, 4.69) is 10.0 Å². The Kier molecular flexibility index (Phi) is 7.23. The molecule has 0 aliphatic carbocycles. The molecule has 1 heterocycles. The summed E-state index contributed by atoms with van der Waals surface area (Å²) in [4.78, 5) is 24.5. The van der Waals surface area contributed by atoms with Gasteiger partial charge in [-0.25, -0.2) is 8.42 Å². The molecule has 0 saturated heterocycles. The Morgan fingerprint density at radius 2 is 1.50 bits per heavy atom. The van der Waals surface area contributed by atoms with Gasteiger partial charge in [0.25, 0.3) is 5.91 Å². The Balaban J connectivity index is 1.45. The summed E-state index contributed by atoms with van der Waals surface area (Å²) in [5, 5.41) is 3.66. The molecular formula is C27H26N2O6S. The van der Waals surface area contributed by atoms with Gasteiger partial charge in [0.05, 0.1) is 12.0 Å². The van der Waals surface area contributed by atoms with Crippen molar-refractivity contribution in [2.75, 3.05) is 12.4 Å². The molecular weight excluding hydrogens is 480 g/mol. The van der Waals surface area contributed by atoms with Crippen LogP contribution in [0.4, 0.5) is 5.69 Å². The van der Waals surface area contributed by atoms with Crippen molar-refractivity contribution in [1.82, 2.24) is 4.72 Å². The topological polar surface area (TPSA) is 115 Å². The number of methoxy groups -OCH3 is 1. The quantitative estimate of drug-likeness (QED) is 0.331. The summed E-state index contributed by atoms with van der Waals surface area (Å²) < 4.78 is 38.3. The lowest BCUT2D eigenvalue weighted by Crippen LogP contribution is -2.44. The number of rotatable bonds is 8. The van der Waals surface area contributed by atoms with Crippen LogP contribution in [0.1, 0.15) is 24.4 Å². The fourth-order valence-corrected chi connectivity index (χ4v) is 5.01. The van der Waals surface area contributed by atoms with Gasteiger partial charge in [-0.3, -0.25) is 9.59 Å². The number of nitrogens with one attached hydrogen (secondary N) is 2. The van der Waals surface area contributed by atoms with Gasteiger partial charge in [0.1, 0.15) is 11.6 Å². The smallest absolute Gasteiger partial charge is 0.324 e. The van der Waals surface area contributed by atoms with Crippen LogP contribution in [0, 0.1) is 5.92 Å². The predicted octanol–water partition coefficient (Wildman–Crippen LogP) is 4.83. The van der Waals surface area contributed by atoms with E-state index in [-0.39, 0.29) is 22.5 Å². The monoisotopic (exact) mass is 506 g/mol. The number of esters is 1. The van der Waals surface area contributed by atoms with Crippen molar-refractivity contribution in [3.05, 3.63) is 84.6 Å². The summed E-state index contributed by atoms with van der Waals surface area (Å²) in [6.07, 6.45) is 0. The van der Waals surface area contributed by atoms with Gasteiger partial charge in [-0.05, 0) is 53.4 Å². The van der Waals surface area contributed by atoms with Crippen molar-refractivity contribution >= 4 is 38.6 Å². The number of amides is 1. The normalized spacial score (nSPS) is 12.4. The Morgan fingerprint density at radius 1 is 0.889 bits per heavy atom. The van der Waals surface area contributed by atoms with Crippen LogP contribution >= 0.6 is 0 Å². The van der Waals surface area contributed by atoms with Crippen molar-refractivity contribution in [2.24, 2.45) is 5.92 Å². The third-order valence-corrected chi connectivity index (χ3v) is 7.15. The number of furan rings is 1. The molecule has 3 aromatic carbocycles. The van der Waals surface area contributed by atoms with Gasteiger partial charge in [-0.1, -0.05) is 56.3 Å². The van der Waals surface area contributed by atoms with E-state index in [1.54, 1.807) is 50.2 Å². The second-order valence-corrected chi connectivity index (χ2v) is 10.3. The van der Waals surface area contributed by atoms with Crippen LogP contribution in [0.25, 0.3) is 22.1 Å². The highest BCUT2D eigenvalue weighted by Gasteiger charge is 2.29. The maximum absolute atomic E-state index is 12.8. The van der Waals surface area contributed by atoms with Crippen LogP contribution in [0.15, 0.2) is 88.2 Å². The molecule has 0 unspecified atom stereocenters. The first kappa shape index (κ1) is 25.2. The van der Waals surface area contributed by atoms with Crippen LogP contribution in [0.2, 0.25) is 0 Å². The number of hydrogen-bond donors (Lipinski definition) is 2. The number of sulfonamides is 1. The van der Waals surface area contributed by atoms with E-state index in [9.17, 15) is 18.0 Å². The maximum Gasteiger partial charge on any atom is 0.324 e. The van der Waals surface area contributed by atoms with E-state index in [1.807, 2.05) is 30.3 Å². The lowest BCUT2D eigenvalue weighted by atomic mass is 10.1. The first-order valence-electron chi connectivity index (χ1n) is 11.3. The Hall–Kier alpha value is -3.95. The molecule has 8 nitrogen and oxygen atoms in total. The minimum atomic E-state index is -3.92. The van der Waals surface area contributed by atoms with Crippen molar-refractivity contribution in [2.45, 2.75) is 24.8 Å². The molecule has 0 bridgehead atoms. The molecule has 0 saturated carbocycles. The summed E-state index contributed by atoms with van der Waals surface area (Å²) in [7, 11) is -2.70. The molecule has 1 aromatic heterocycles. The van der Waals surface area contributed by atoms with Crippen LogP contribution in [0.3, 0.4) is 0 Å². The SMILES string of the molecule is COC(=O)[C@@H](NS(=O)(=O)c1ccc(-c2ccc(NC(=O)c3cc4ccccc4o3)cc2)cc1)C(C)C. The molecule has 36 heavy (non-hydrogen) atoms. The first-order valence-corrected chi connectivity index (χ1v) is 12.8. The zero-order chi connectivity index (χ0) is 25.9. The van der Waals surface area contributed by atoms with Crippen LogP contribution in [0.5, 0.6) is 0 Å². The molecule has 0 aliphatic heterocycles. The van der Waals surface area contributed by atoms with Crippen LogP contribution in [-0.2, 0) is 19.6 Å². The average Bonchev–Trinajstić information content (AvgIpc) is 3.32. The Labute approximate surface area is 209 Å². The molecule has 1 atom stereocenters. The summed E-state index contributed by atoms with van der Waals surface area (Å²) in [6, 6.07) is 21.6. The van der Waals surface area contributed by atoms with Gasteiger partial charge < -0.3 is 14.5 Å². The summed E-state index contributed by atoms with van der Waals surface area (Å²) in [5.41, 5.74) is 2.86. The van der Waals surface area contributed by atoms with E-state index in [1.165, 1.54) is 19.2 Å². The number of carbonyl (C=O) groups is 2. The molecule has 4 aromatic rings. The first-order chi connectivity index (χ1) is 17.2. The van der Waals surface area contributed by atoms with Gasteiger partial charge >= 0.3 is 5.97 Å². The zero-order valence-corrected chi connectivity index (χ0v) is 20.8. The van der Waals surface area contributed by atoms with Crippen LogP contribution < -0.4 is 10.0 Å². The van der Waals surface area contributed by atoms with Gasteiger partial charge in [0.2, 0.25) is 10.0 Å². The highest BCUT2D eigenvalue weighted by Crippen LogP contribution is 2.25. The fourth-order valence-electron chi connectivity index (χ4n) is 3.68. The van der Waals surface area contributed by atoms with E-state index < -0.39 is 22.0 Å². The average molecular weight is 507 g/mol. The molecule has 0 fully saturated rings. The Bertz CT molecular complexity index is 1460. The van der Waals surface area contributed by atoms with Crippen molar-refractivity contribution in [3.63, 3.8) is 0 Å². The summed E-state index contributed by atoms with van der Waals surface area (Å²) in [6.45, 7) is 3.46. The van der Waals surface area contributed by atoms with Crippen LogP contribution in [-0.4, -0.2) is 33.4 Å². The second-order valence-electron chi connectivity index (χ2n) is 8.57. The molecule has 0 spiro atoms. The van der Waals surface area contributed by atoms with E-state index in [0.29, 0.717) is 11.3 Å². The van der Waals surface area contributed by atoms with Gasteiger partial charge in [0, 0.05) is 11.1 Å². The fraction of sp³-hybridized carbons (Fsp3) is 0.185. The number of para-hydroxylation sites is 1. The highest BCUT2D eigenvalue weighted by atomic mass is 32.2. The molecule has 9 heteroatoms. The van der Waals surface area contributed by atoms with Gasteiger partial charge in [-0.15, -0.1) is 0 Å². The number of anilines is 1. The third kappa shape index (κ3) is 5.48. The number of benzene rings is 3. The zero-order valence-electron chi connectivity index (χ0n) is 20.0. The Morgan fingerprint density at radius 3 is 2.08 bits per heavy atom. The summed E-state index contributed by atoms with van der Waals surface area (Å²) >= 11 is 0. The highest BCUT2D eigenvalue weighted by molar-refractivity contribution is 7.89. The van der Waals surface area contributed by atoms with Crippen molar-refractivity contribution in [3.8, 4) is 11.1 Å². The predicted molar refractivity (Wildman–Crippen MR) is 137 cm³/mol. The molecule has 0 radical (unpaired) electrons. The molecule has 2 N–H and O–H groups in total. The summed E-state index contributed by atoms with van der Waals surface area (Å²) in [5.74, 6) is -1.06. The standard InChI is InChI=1S/C27H26N2O6S/c1-17(2)25(27(31)34-3)29-36(32,33)22-14-10-19(11-15-22)18-8-12-21(13-9-18)28-26(30)24-16-20-6-4-5-7-23(20)35-24/h4-17,25,29H,1-3H3,(H,28,30)/t25-/m0/s1. The van der Waals surface area contributed by atoms with E-state index in [4.69, 9.17) is 9.15 Å². The second kappa shape index (κ2) is 10.3. The molecule has 0 aliphatic rings. The number of ether oxygens (including phenoxy) is 1. The maximum atomic E-state index is 12.8. The minimum Gasteiger partial charge on any atom is -0.468 e. The molecule has 4 rings (SSSR count). The minimum absolute atomic E-state index is 0.0375. The third-order valence-electron chi connectivity index (χ3n) is 5.69. The van der Waals surface area contributed by atoms with Crippen molar-refractivity contribution in [1.29, 1.82) is 0 Å². The van der Waals surface area contributed by atoms with E-state index >= 15 is 0 Å². The number of fused-ring (bicyclic) bond motifs is 1. The molecule has 1 amide bonds.